The summed E-state index contributed by atoms with van der Waals surface area (Å²) in [5.74, 6) is 4.10. The molecular formula is C74H97ClN4O9. The molecule has 1 saturated heterocycles. The van der Waals surface area contributed by atoms with Crippen molar-refractivity contribution in [2.45, 2.75) is 178 Å². The summed E-state index contributed by atoms with van der Waals surface area (Å²) in [6.45, 7) is 32.2. The number of hydrogen-bond acceptors (Lipinski definition) is 10. The van der Waals surface area contributed by atoms with E-state index in [0.717, 1.165) is 130 Å². The van der Waals surface area contributed by atoms with Crippen LogP contribution in [0.15, 0.2) is 101 Å². The third-order valence-corrected chi connectivity index (χ3v) is 24.9. The Bertz CT molecular complexity index is 3500. The van der Waals surface area contributed by atoms with E-state index in [-0.39, 0.29) is 51.0 Å². The number of fused-ring (bicyclic) bond motifs is 10. The first-order valence-electron chi connectivity index (χ1n) is 33.2. The van der Waals surface area contributed by atoms with Gasteiger partial charge in [-0.1, -0.05) is 116 Å². The highest BCUT2D eigenvalue weighted by atomic mass is 35.7. The zero-order valence-electron chi connectivity index (χ0n) is 54.8. The fourth-order valence-electron chi connectivity index (χ4n) is 20.0. The van der Waals surface area contributed by atoms with Crippen LogP contribution in [0.3, 0.4) is 0 Å². The molecule has 3 heterocycles. The van der Waals surface area contributed by atoms with Gasteiger partial charge in [-0.05, 0) is 184 Å². The van der Waals surface area contributed by atoms with Gasteiger partial charge in [0.25, 0.3) is 5.91 Å². The number of hydrogen-bond donors (Lipinski definition) is 0. The van der Waals surface area contributed by atoms with Gasteiger partial charge in [-0.15, -0.1) is 10.2 Å². The zero-order valence-corrected chi connectivity index (χ0v) is 55.6. The number of likely N-dealkylation sites (N-methyl/N-ethyl adjacent to an activating group) is 1. The molecule has 14 heteroatoms. The normalized spacial score (nSPS) is 32.2. The molecule has 474 valence electrons. The molecule has 0 N–H and O–H groups in total. The Balaban J connectivity index is 0.00000154. The van der Waals surface area contributed by atoms with E-state index in [9.17, 15) is 4.79 Å². The summed E-state index contributed by atoms with van der Waals surface area (Å²) in [7, 11) is -2.76. The van der Waals surface area contributed by atoms with E-state index in [1.165, 1.54) is 28.1 Å². The highest BCUT2D eigenvalue weighted by molar-refractivity contribution is 6.04. The van der Waals surface area contributed by atoms with Crippen molar-refractivity contribution in [3.05, 3.63) is 124 Å². The molecule has 0 radical (unpaired) electrons. The minimum Gasteiger partial charge on any atom is -0.462 e. The molecule has 13 nitrogen and oxygen atoms in total. The van der Waals surface area contributed by atoms with Crippen LogP contribution < -0.4 is 33.5 Å². The molecule has 7 aliphatic carbocycles. The Kier molecular flexibility index (Phi) is 17.2. The number of nitrogens with zero attached hydrogens (tertiary/aromatic N) is 4. The third kappa shape index (κ3) is 10.6. The molecule has 2 amide bonds. The van der Waals surface area contributed by atoms with Crippen molar-refractivity contribution in [3.8, 4) is 22.5 Å². The Morgan fingerprint density at radius 1 is 0.761 bits per heavy atom. The van der Waals surface area contributed by atoms with Gasteiger partial charge in [0, 0.05) is 90.7 Å². The molecule has 88 heavy (non-hydrogen) atoms. The molecule has 0 aromatic heterocycles. The van der Waals surface area contributed by atoms with E-state index in [1.807, 2.05) is 12.1 Å². The molecule has 2 aromatic rings. The van der Waals surface area contributed by atoms with E-state index in [2.05, 4.69) is 175 Å². The quantitative estimate of drug-likeness (QED) is 0.0982. The smallest absolute Gasteiger partial charge is 0.302 e. The molecular weight excluding hydrogens is 1120 g/mol. The largest absolute Gasteiger partial charge is 0.462 e. The average molecular weight is 1220 g/mol. The van der Waals surface area contributed by atoms with Crippen LogP contribution in [-0.2, 0) is 26.2 Å². The van der Waals surface area contributed by atoms with Gasteiger partial charge in [-0.2, -0.15) is 0 Å². The number of ether oxygens (including phenoxy) is 1. The van der Waals surface area contributed by atoms with E-state index in [4.69, 9.17) is 27.8 Å². The topological polar surface area (TPSA) is 179 Å². The summed E-state index contributed by atoms with van der Waals surface area (Å²) < 4.78 is 49.6. The Morgan fingerprint density at radius 2 is 1.45 bits per heavy atom. The second-order valence-electron chi connectivity index (χ2n) is 29.6. The van der Waals surface area contributed by atoms with Crippen molar-refractivity contribution >= 4 is 29.0 Å². The van der Waals surface area contributed by atoms with Gasteiger partial charge in [0.15, 0.2) is 0 Å². The van der Waals surface area contributed by atoms with Crippen molar-refractivity contribution in [1.82, 2.24) is 14.4 Å². The highest BCUT2D eigenvalue weighted by Crippen LogP contribution is 2.76. The zero-order chi connectivity index (χ0) is 63.3. The van der Waals surface area contributed by atoms with Crippen LogP contribution >= 0.6 is 0 Å². The molecule has 0 bridgehead atoms. The molecule has 10 atom stereocenters. The molecule has 10 aliphatic rings. The summed E-state index contributed by atoms with van der Waals surface area (Å²) >= 11 is 0. The van der Waals surface area contributed by atoms with Crippen LogP contribution in [0.25, 0.3) is 28.0 Å². The molecule has 0 unspecified atom stereocenters. The van der Waals surface area contributed by atoms with Crippen LogP contribution in [0.5, 0.6) is 0 Å². The lowest BCUT2D eigenvalue weighted by molar-refractivity contribution is -2.00. The van der Waals surface area contributed by atoms with Crippen LogP contribution in [0.4, 0.5) is 5.69 Å². The number of carbonyl (C=O) groups is 3. The molecule has 0 spiro atoms. The number of carbonyl (C=O) groups excluding carboxylic acids is 3. The number of allylic oxidation sites excluding steroid dienone is 6. The number of para-hydroxylation sites is 1. The summed E-state index contributed by atoms with van der Waals surface area (Å²) in [6.07, 6.45) is 20.1. The number of amides is 2. The Morgan fingerprint density at radius 3 is 2.17 bits per heavy atom. The molecule has 4 saturated carbocycles. The predicted octanol–water partition coefficient (Wildman–Crippen LogP) is 10.4. The standard InChI is InChI=1S/C74H97N4O5.ClHO4/c1-14-76(15-2)51-29-30-54-59(46-51)83-66-50(28-33-62-69(6,7)56-26-18-19-27-58(56)75(62)13)22-20-25-55(66)64(54)52-23-16-17-24-53(52)67(80)77-42-21-43-78(45-44-77)68(81)74-39-34-47(3)48(4)65(74)57-31-32-61-71(10)37-36-63(82-49(5)79)70(8,9)60(71)35-38-73(61,12)72(57,11)40-41-74;2-1(3,4)5/h16-19,23-24,26-31,33,46-48,60-61,63,65H,14-15,20-22,25,32,34-45H2,1-13H3;(H,2,3,4,5)/q+1;/p-1/t47-,48+,60+,61-,63+,65+,71+,72-,73-,74+;/m1./s1. The van der Waals surface area contributed by atoms with Crippen LogP contribution in [0.2, 0.25) is 0 Å². The maximum absolute atomic E-state index is 16.0. The van der Waals surface area contributed by atoms with Crippen molar-refractivity contribution in [3.63, 3.8) is 0 Å². The third-order valence-electron chi connectivity index (χ3n) is 24.9. The lowest BCUT2D eigenvalue weighted by Crippen LogP contribution is -2.68. The highest BCUT2D eigenvalue weighted by Gasteiger charge is 2.70. The number of halogens is 1. The van der Waals surface area contributed by atoms with E-state index < -0.39 is 15.7 Å². The van der Waals surface area contributed by atoms with Crippen molar-refractivity contribution in [1.29, 1.82) is 0 Å². The summed E-state index contributed by atoms with van der Waals surface area (Å²) in [6, 6.07) is 23.7. The molecule has 5 fully saturated rings. The fourth-order valence-corrected chi connectivity index (χ4v) is 20.0. The first-order chi connectivity index (χ1) is 41.5. The van der Waals surface area contributed by atoms with Crippen LogP contribution in [0, 0.1) is 66.9 Å². The van der Waals surface area contributed by atoms with Crippen LogP contribution in [-0.4, -0.2) is 80.0 Å². The summed E-state index contributed by atoms with van der Waals surface area (Å²) in [5.41, 5.74) is 11.1. The van der Waals surface area contributed by atoms with Gasteiger partial charge in [0.1, 0.15) is 30.7 Å². The Labute approximate surface area is 525 Å². The minimum absolute atomic E-state index is 0.00663. The number of esters is 1. The monoisotopic (exact) mass is 1220 g/mol. The molecule has 2 aromatic carbocycles. The van der Waals surface area contributed by atoms with E-state index in [0.29, 0.717) is 61.3 Å². The summed E-state index contributed by atoms with van der Waals surface area (Å²) in [4.78, 5) is 50.5. The fraction of sp³-hybridized carbons (Fsp3) is 0.595. The average Bonchev–Trinajstić information content (AvgIpc) is 0.822. The first kappa shape index (κ1) is 64.0. The van der Waals surface area contributed by atoms with Gasteiger partial charge >= 0.3 is 5.97 Å². The maximum Gasteiger partial charge on any atom is 0.302 e. The SMILES string of the molecule is CC[N+](CC)=c1ccc2c(-c3ccccc3C(=O)N3CCCN(C(=O)[C@]45CC[C@@H](C)[C@H](C)[C@H]4C4=CC[C@@H]6[C@@]7(C)CC[C@H](OC(C)=O)C(C)(C)[C@@H]7CC[C@@]6(C)[C@]4(C)CC5)CC3)c3c(oc-2c1)/C(=C/C=C1/N(C)c2ccccc2C1(C)C)CCC3.[O-][Cl+3]([O-])([O-])[O-]. The van der Waals surface area contributed by atoms with E-state index >= 15 is 9.59 Å². The van der Waals surface area contributed by atoms with Crippen molar-refractivity contribution < 1.29 is 52.4 Å². The minimum atomic E-state index is -4.94. The number of anilines is 1. The van der Waals surface area contributed by atoms with Gasteiger partial charge in [-0.3, -0.25) is 14.4 Å². The van der Waals surface area contributed by atoms with Gasteiger partial charge in [0.2, 0.25) is 11.3 Å². The van der Waals surface area contributed by atoms with Gasteiger partial charge in [0.05, 0.1) is 11.5 Å². The molecule has 12 rings (SSSR count). The Hall–Kier alpha value is -5.57. The summed E-state index contributed by atoms with van der Waals surface area (Å²) in [5, 5.41) is 1.13. The number of rotatable bonds is 7. The molecule has 3 aliphatic heterocycles. The predicted molar refractivity (Wildman–Crippen MR) is 336 cm³/mol. The van der Waals surface area contributed by atoms with Gasteiger partial charge < -0.3 is 23.9 Å². The second kappa shape index (κ2) is 23.6. The first-order valence-corrected chi connectivity index (χ1v) is 34.4. The lowest BCUT2D eigenvalue weighted by Gasteiger charge is -2.71. The van der Waals surface area contributed by atoms with E-state index in [1.54, 1.807) is 12.5 Å². The van der Waals surface area contributed by atoms with Crippen LogP contribution in [0.1, 0.15) is 187 Å². The van der Waals surface area contributed by atoms with Crippen molar-refractivity contribution in [2.24, 2.45) is 56.7 Å². The van der Waals surface area contributed by atoms with Crippen molar-refractivity contribution in [2.75, 3.05) is 51.2 Å². The lowest BCUT2D eigenvalue weighted by atomic mass is 9.33. The maximum atomic E-state index is 16.0. The second-order valence-corrected chi connectivity index (χ2v) is 30.3. The van der Waals surface area contributed by atoms with Gasteiger partial charge in [-0.25, -0.2) is 23.2 Å². The number of benzene rings is 3.